The van der Waals surface area contributed by atoms with Gasteiger partial charge < -0.3 is 19.3 Å². The Bertz CT molecular complexity index is 581. The van der Waals surface area contributed by atoms with Gasteiger partial charge in [-0.25, -0.2) is 0 Å². The lowest BCUT2D eigenvalue weighted by molar-refractivity contribution is -0.140. The number of amides is 2. The Morgan fingerprint density at radius 1 is 1.08 bits per heavy atom. The first-order valence-electron chi connectivity index (χ1n) is 8.79. The highest BCUT2D eigenvalue weighted by molar-refractivity contribution is 5.80. The van der Waals surface area contributed by atoms with Crippen LogP contribution in [-0.2, 0) is 20.7 Å². The van der Waals surface area contributed by atoms with Gasteiger partial charge in [-0.2, -0.15) is 0 Å². The Morgan fingerprint density at radius 2 is 1.72 bits per heavy atom. The quantitative estimate of drug-likeness (QED) is 0.753. The molecule has 1 aromatic rings. The van der Waals surface area contributed by atoms with Crippen LogP contribution >= 0.6 is 0 Å². The Kier molecular flexibility index (Phi) is 7.25. The van der Waals surface area contributed by atoms with Gasteiger partial charge in [-0.15, -0.1) is 0 Å². The molecule has 1 aliphatic heterocycles. The molecule has 1 saturated heterocycles. The number of hydrogen-bond acceptors (Lipinski definition) is 4. The Balaban J connectivity index is 1.77. The van der Waals surface area contributed by atoms with Crippen LogP contribution < -0.4 is 4.74 Å². The fourth-order valence-corrected chi connectivity index (χ4v) is 2.81. The molecule has 0 radical (unpaired) electrons. The molecule has 25 heavy (non-hydrogen) atoms. The Labute approximate surface area is 149 Å². The maximum Gasteiger partial charge on any atom is 0.227 e. The second-order valence-corrected chi connectivity index (χ2v) is 6.46. The minimum Gasteiger partial charge on any atom is -0.497 e. The molecule has 0 N–H and O–H groups in total. The summed E-state index contributed by atoms with van der Waals surface area (Å²) in [6, 6.07) is 7.56. The predicted molar refractivity (Wildman–Crippen MR) is 95.6 cm³/mol. The SMILES string of the molecule is COc1cccc(CC(=O)N2CCN(C(=O)CCOC(C)C)CC2)c1. The average Bonchev–Trinajstić information content (AvgIpc) is 2.61. The zero-order valence-corrected chi connectivity index (χ0v) is 15.4. The van der Waals surface area contributed by atoms with Crippen LogP contribution in [0.2, 0.25) is 0 Å². The van der Waals surface area contributed by atoms with E-state index in [1.807, 2.05) is 47.9 Å². The first-order chi connectivity index (χ1) is 12.0. The van der Waals surface area contributed by atoms with E-state index in [0.29, 0.717) is 45.6 Å². The minimum atomic E-state index is 0.0866. The van der Waals surface area contributed by atoms with Crippen molar-refractivity contribution in [1.29, 1.82) is 0 Å². The molecule has 1 fully saturated rings. The maximum absolute atomic E-state index is 12.5. The molecule has 0 aromatic heterocycles. The van der Waals surface area contributed by atoms with Gasteiger partial charge >= 0.3 is 0 Å². The number of hydrogen-bond donors (Lipinski definition) is 0. The zero-order valence-electron chi connectivity index (χ0n) is 15.4. The third-order valence-corrected chi connectivity index (χ3v) is 4.24. The van der Waals surface area contributed by atoms with E-state index in [4.69, 9.17) is 9.47 Å². The van der Waals surface area contributed by atoms with Gasteiger partial charge in [-0.3, -0.25) is 9.59 Å². The molecule has 2 rings (SSSR count). The number of carbonyl (C=O) groups excluding carboxylic acids is 2. The molecule has 1 heterocycles. The van der Waals surface area contributed by atoms with Crippen LogP contribution in [0.25, 0.3) is 0 Å². The van der Waals surface area contributed by atoms with E-state index in [2.05, 4.69) is 0 Å². The average molecular weight is 348 g/mol. The van der Waals surface area contributed by atoms with Crippen molar-refractivity contribution < 1.29 is 19.1 Å². The number of ether oxygens (including phenoxy) is 2. The summed E-state index contributed by atoms with van der Waals surface area (Å²) in [6.07, 6.45) is 0.891. The second kappa shape index (κ2) is 9.42. The van der Waals surface area contributed by atoms with Gasteiger partial charge in [0.15, 0.2) is 0 Å². The number of benzene rings is 1. The molecule has 6 nitrogen and oxygen atoms in total. The standard InChI is InChI=1S/C19H28N2O4/c1-15(2)25-12-7-18(22)20-8-10-21(11-9-20)19(23)14-16-5-4-6-17(13-16)24-3/h4-6,13,15H,7-12,14H2,1-3H3. The van der Waals surface area contributed by atoms with Crippen LogP contribution in [-0.4, -0.2) is 67.6 Å². The van der Waals surface area contributed by atoms with E-state index >= 15 is 0 Å². The van der Waals surface area contributed by atoms with Crippen LogP contribution in [0.3, 0.4) is 0 Å². The summed E-state index contributed by atoms with van der Waals surface area (Å²) in [5.74, 6) is 0.938. The van der Waals surface area contributed by atoms with Gasteiger partial charge in [0.1, 0.15) is 5.75 Å². The molecular weight excluding hydrogens is 320 g/mol. The summed E-state index contributed by atoms with van der Waals surface area (Å²) in [4.78, 5) is 28.2. The van der Waals surface area contributed by atoms with Gasteiger partial charge in [0.05, 0.1) is 32.7 Å². The zero-order chi connectivity index (χ0) is 18.2. The molecule has 0 saturated carbocycles. The molecule has 6 heteroatoms. The first-order valence-corrected chi connectivity index (χ1v) is 8.79. The third kappa shape index (κ3) is 6.05. The normalized spacial score (nSPS) is 14.7. The molecule has 0 aliphatic carbocycles. The van der Waals surface area contributed by atoms with E-state index < -0.39 is 0 Å². The van der Waals surface area contributed by atoms with Crippen molar-refractivity contribution in [3.05, 3.63) is 29.8 Å². The van der Waals surface area contributed by atoms with Gasteiger partial charge in [-0.05, 0) is 31.5 Å². The molecule has 0 spiro atoms. The van der Waals surface area contributed by atoms with Gasteiger partial charge in [0, 0.05) is 26.2 Å². The van der Waals surface area contributed by atoms with Crippen molar-refractivity contribution >= 4 is 11.8 Å². The van der Waals surface area contributed by atoms with E-state index in [1.54, 1.807) is 7.11 Å². The third-order valence-electron chi connectivity index (χ3n) is 4.24. The summed E-state index contributed by atoms with van der Waals surface area (Å²) in [5.41, 5.74) is 0.939. The topological polar surface area (TPSA) is 59.1 Å². The number of methoxy groups -OCH3 is 1. The second-order valence-electron chi connectivity index (χ2n) is 6.46. The lowest BCUT2D eigenvalue weighted by atomic mass is 10.1. The number of carbonyl (C=O) groups is 2. The number of nitrogens with zero attached hydrogens (tertiary/aromatic N) is 2. The highest BCUT2D eigenvalue weighted by atomic mass is 16.5. The monoisotopic (exact) mass is 348 g/mol. The molecule has 1 aromatic carbocycles. The molecule has 138 valence electrons. The number of piperazine rings is 1. The highest BCUT2D eigenvalue weighted by Crippen LogP contribution is 2.14. The number of rotatable bonds is 7. The van der Waals surface area contributed by atoms with E-state index in [-0.39, 0.29) is 17.9 Å². The molecule has 1 aliphatic rings. The van der Waals surface area contributed by atoms with Crippen molar-refractivity contribution in [3.8, 4) is 5.75 Å². The van der Waals surface area contributed by atoms with Gasteiger partial charge in [0.2, 0.25) is 11.8 Å². The summed E-state index contributed by atoms with van der Waals surface area (Å²) < 4.78 is 10.6. The maximum atomic E-state index is 12.5. The summed E-state index contributed by atoms with van der Waals surface area (Å²) >= 11 is 0. The lowest BCUT2D eigenvalue weighted by Gasteiger charge is -2.35. The van der Waals surface area contributed by atoms with Crippen LogP contribution in [0.4, 0.5) is 0 Å². The van der Waals surface area contributed by atoms with E-state index in [1.165, 1.54) is 0 Å². The van der Waals surface area contributed by atoms with Crippen LogP contribution in [0, 0.1) is 0 Å². The summed E-state index contributed by atoms with van der Waals surface area (Å²) in [7, 11) is 1.61. The molecule has 0 unspecified atom stereocenters. The molecule has 0 atom stereocenters. The predicted octanol–water partition coefficient (Wildman–Crippen LogP) is 1.72. The van der Waals surface area contributed by atoms with Gasteiger partial charge in [0.25, 0.3) is 0 Å². The summed E-state index contributed by atoms with van der Waals surface area (Å²) in [5, 5.41) is 0. The van der Waals surface area contributed by atoms with Crippen molar-refractivity contribution in [2.45, 2.75) is 32.8 Å². The van der Waals surface area contributed by atoms with Crippen molar-refractivity contribution in [1.82, 2.24) is 9.80 Å². The molecule has 2 amide bonds. The molecular formula is C19H28N2O4. The van der Waals surface area contributed by atoms with Crippen LogP contribution in [0.1, 0.15) is 25.8 Å². The van der Waals surface area contributed by atoms with Crippen LogP contribution in [0.15, 0.2) is 24.3 Å². The fraction of sp³-hybridized carbons (Fsp3) is 0.579. The van der Waals surface area contributed by atoms with Crippen molar-refractivity contribution in [2.75, 3.05) is 39.9 Å². The van der Waals surface area contributed by atoms with Gasteiger partial charge in [-0.1, -0.05) is 12.1 Å². The van der Waals surface area contributed by atoms with Crippen molar-refractivity contribution in [2.24, 2.45) is 0 Å². The Hall–Kier alpha value is -2.08. The van der Waals surface area contributed by atoms with E-state index in [0.717, 1.165) is 11.3 Å². The smallest absolute Gasteiger partial charge is 0.227 e. The first kappa shape index (κ1) is 19.2. The molecule has 0 bridgehead atoms. The van der Waals surface area contributed by atoms with E-state index in [9.17, 15) is 9.59 Å². The lowest BCUT2D eigenvalue weighted by Crippen LogP contribution is -2.51. The fourth-order valence-electron chi connectivity index (χ4n) is 2.81. The largest absolute Gasteiger partial charge is 0.497 e. The van der Waals surface area contributed by atoms with Crippen molar-refractivity contribution in [3.63, 3.8) is 0 Å². The minimum absolute atomic E-state index is 0.0866. The summed E-state index contributed by atoms with van der Waals surface area (Å²) in [6.45, 7) is 6.70. The Morgan fingerprint density at radius 3 is 2.32 bits per heavy atom. The highest BCUT2D eigenvalue weighted by Gasteiger charge is 2.24. The van der Waals surface area contributed by atoms with Crippen LogP contribution in [0.5, 0.6) is 5.75 Å².